The van der Waals surface area contributed by atoms with Gasteiger partial charge < -0.3 is 16.0 Å². The van der Waals surface area contributed by atoms with Gasteiger partial charge >= 0.3 is 0 Å². The average molecular weight is 195 g/mol. The van der Waals surface area contributed by atoms with Crippen LogP contribution in [0, 0.1) is 0 Å². The molecule has 1 heterocycles. The fraction of sp³-hybridized carbons (Fsp3) is 0.375. The van der Waals surface area contributed by atoms with E-state index in [4.69, 9.17) is 5.73 Å². The highest BCUT2D eigenvalue weighted by molar-refractivity contribution is 5.79. The SMILES string of the molecule is CNc1cc(N(C)CC(N)=O)ncn1. The zero-order valence-electron chi connectivity index (χ0n) is 8.19. The molecular weight excluding hydrogens is 182 g/mol. The smallest absolute Gasteiger partial charge is 0.236 e. The quantitative estimate of drug-likeness (QED) is 0.672. The number of carbonyl (C=O) groups excluding carboxylic acids is 1. The molecule has 0 saturated heterocycles. The molecule has 0 spiro atoms. The molecule has 1 aromatic heterocycles. The summed E-state index contributed by atoms with van der Waals surface area (Å²) in [6.07, 6.45) is 1.43. The van der Waals surface area contributed by atoms with Crippen LogP contribution in [0.4, 0.5) is 11.6 Å². The van der Waals surface area contributed by atoms with E-state index >= 15 is 0 Å². The van der Waals surface area contributed by atoms with Gasteiger partial charge in [0.15, 0.2) is 0 Å². The first-order valence-corrected chi connectivity index (χ1v) is 4.12. The molecule has 0 aliphatic heterocycles. The van der Waals surface area contributed by atoms with Gasteiger partial charge in [-0.2, -0.15) is 0 Å². The van der Waals surface area contributed by atoms with E-state index in [0.29, 0.717) is 11.6 Å². The van der Waals surface area contributed by atoms with Crippen molar-refractivity contribution in [2.45, 2.75) is 0 Å². The molecular formula is C8H13N5O. The van der Waals surface area contributed by atoms with Crippen LogP contribution in [0.15, 0.2) is 12.4 Å². The molecule has 14 heavy (non-hydrogen) atoms. The third-order valence-corrected chi connectivity index (χ3v) is 1.69. The summed E-state index contributed by atoms with van der Waals surface area (Å²) in [6, 6.07) is 1.74. The minimum atomic E-state index is -0.392. The lowest BCUT2D eigenvalue weighted by Gasteiger charge is -2.15. The Balaban J connectivity index is 2.78. The minimum Gasteiger partial charge on any atom is -0.373 e. The van der Waals surface area contributed by atoms with Crippen molar-refractivity contribution in [2.75, 3.05) is 30.9 Å². The molecule has 1 amide bonds. The maximum atomic E-state index is 10.7. The summed E-state index contributed by atoms with van der Waals surface area (Å²) in [5, 5.41) is 2.88. The van der Waals surface area contributed by atoms with Crippen LogP contribution >= 0.6 is 0 Å². The Labute approximate surface area is 82.1 Å². The van der Waals surface area contributed by atoms with Gasteiger partial charge in [-0.1, -0.05) is 0 Å². The first-order chi connectivity index (χ1) is 6.63. The van der Waals surface area contributed by atoms with E-state index in [-0.39, 0.29) is 6.54 Å². The molecule has 0 unspecified atom stereocenters. The van der Waals surface area contributed by atoms with Crippen LogP contribution in [0.2, 0.25) is 0 Å². The van der Waals surface area contributed by atoms with Gasteiger partial charge in [0.25, 0.3) is 0 Å². The van der Waals surface area contributed by atoms with Crippen molar-refractivity contribution in [1.82, 2.24) is 9.97 Å². The summed E-state index contributed by atoms with van der Waals surface area (Å²) in [5.74, 6) is 0.964. The Kier molecular flexibility index (Phi) is 3.22. The maximum Gasteiger partial charge on any atom is 0.236 e. The Morgan fingerprint density at radius 1 is 1.64 bits per heavy atom. The topological polar surface area (TPSA) is 84.1 Å². The molecule has 1 rings (SSSR count). The molecule has 6 heteroatoms. The number of rotatable bonds is 4. The van der Waals surface area contributed by atoms with E-state index in [9.17, 15) is 4.79 Å². The van der Waals surface area contributed by atoms with Crippen LogP contribution in [0.1, 0.15) is 0 Å². The highest BCUT2D eigenvalue weighted by atomic mass is 16.1. The molecule has 0 bridgehead atoms. The predicted molar refractivity (Wildman–Crippen MR) is 54.0 cm³/mol. The van der Waals surface area contributed by atoms with Gasteiger partial charge in [-0.05, 0) is 0 Å². The van der Waals surface area contributed by atoms with Crippen molar-refractivity contribution in [3.63, 3.8) is 0 Å². The van der Waals surface area contributed by atoms with Gasteiger partial charge in [0.05, 0.1) is 6.54 Å². The van der Waals surface area contributed by atoms with Crippen molar-refractivity contribution in [3.05, 3.63) is 12.4 Å². The van der Waals surface area contributed by atoms with E-state index in [1.807, 2.05) is 0 Å². The van der Waals surface area contributed by atoms with E-state index in [0.717, 1.165) is 0 Å². The second kappa shape index (κ2) is 4.40. The number of amides is 1. The Morgan fingerprint density at radius 3 is 2.93 bits per heavy atom. The standard InChI is InChI=1S/C8H13N5O/c1-10-7-3-8(12-5-11-7)13(2)4-6(9)14/h3,5H,4H2,1-2H3,(H2,9,14)(H,10,11,12). The molecule has 0 aliphatic rings. The first-order valence-electron chi connectivity index (χ1n) is 4.12. The number of hydrogen-bond donors (Lipinski definition) is 2. The Morgan fingerprint density at radius 2 is 2.36 bits per heavy atom. The van der Waals surface area contributed by atoms with E-state index in [1.54, 1.807) is 25.1 Å². The van der Waals surface area contributed by atoms with Crippen LogP contribution in [-0.4, -0.2) is 36.5 Å². The largest absolute Gasteiger partial charge is 0.373 e. The lowest BCUT2D eigenvalue weighted by Crippen LogP contribution is -2.31. The lowest BCUT2D eigenvalue weighted by atomic mass is 10.4. The minimum absolute atomic E-state index is 0.139. The molecule has 0 saturated carbocycles. The second-order valence-electron chi connectivity index (χ2n) is 2.83. The van der Waals surface area contributed by atoms with Crippen molar-refractivity contribution < 1.29 is 4.79 Å². The van der Waals surface area contributed by atoms with Gasteiger partial charge in [0.1, 0.15) is 18.0 Å². The molecule has 3 N–H and O–H groups in total. The molecule has 0 aliphatic carbocycles. The zero-order chi connectivity index (χ0) is 10.6. The van der Waals surface area contributed by atoms with Gasteiger partial charge in [-0.15, -0.1) is 0 Å². The monoisotopic (exact) mass is 195 g/mol. The number of nitrogens with two attached hydrogens (primary N) is 1. The van der Waals surface area contributed by atoms with Crippen molar-refractivity contribution in [1.29, 1.82) is 0 Å². The number of primary amides is 1. The molecule has 0 fully saturated rings. The summed E-state index contributed by atoms with van der Waals surface area (Å²) in [4.78, 5) is 20.3. The fourth-order valence-corrected chi connectivity index (χ4v) is 1.01. The van der Waals surface area contributed by atoms with E-state index in [1.165, 1.54) is 6.33 Å². The summed E-state index contributed by atoms with van der Waals surface area (Å²) in [7, 11) is 3.51. The molecule has 76 valence electrons. The third kappa shape index (κ3) is 2.58. The normalized spacial score (nSPS) is 9.57. The molecule has 0 atom stereocenters. The van der Waals surface area contributed by atoms with Gasteiger partial charge in [-0.25, -0.2) is 9.97 Å². The molecule has 1 aromatic rings. The highest BCUT2D eigenvalue weighted by Crippen LogP contribution is 2.10. The van der Waals surface area contributed by atoms with Crippen molar-refractivity contribution in [2.24, 2.45) is 5.73 Å². The summed E-state index contributed by atoms with van der Waals surface area (Å²) in [5.41, 5.74) is 5.06. The lowest BCUT2D eigenvalue weighted by molar-refractivity contribution is -0.116. The van der Waals surface area contributed by atoms with Crippen molar-refractivity contribution >= 4 is 17.5 Å². The fourth-order valence-electron chi connectivity index (χ4n) is 1.01. The molecule has 6 nitrogen and oxygen atoms in total. The summed E-state index contributed by atoms with van der Waals surface area (Å²) < 4.78 is 0. The third-order valence-electron chi connectivity index (χ3n) is 1.69. The maximum absolute atomic E-state index is 10.7. The number of hydrogen-bond acceptors (Lipinski definition) is 5. The average Bonchev–Trinajstić information content (AvgIpc) is 2.17. The summed E-state index contributed by atoms with van der Waals surface area (Å²) in [6.45, 7) is 0.139. The number of nitrogens with one attached hydrogen (secondary N) is 1. The van der Waals surface area contributed by atoms with E-state index < -0.39 is 5.91 Å². The number of nitrogens with zero attached hydrogens (tertiary/aromatic N) is 3. The second-order valence-corrected chi connectivity index (χ2v) is 2.83. The molecule has 0 aromatic carbocycles. The molecule has 0 radical (unpaired) electrons. The van der Waals surface area contributed by atoms with Crippen LogP contribution in [0.25, 0.3) is 0 Å². The van der Waals surface area contributed by atoms with Crippen LogP contribution in [-0.2, 0) is 4.79 Å². The van der Waals surface area contributed by atoms with Crippen LogP contribution in [0.3, 0.4) is 0 Å². The number of anilines is 2. The predicted octanol–water partition coefficient (Wildman–Crippen LogP) is -0.560. The van der Waals surface area contributed by atoms with Gasteiger partial charge in [-0.3, -0.25) is 4.79 Å². The van der Waals surface area contributed by atoms with Crippen LogP contribution in [0.5, 0.6) is 0 Å². The van der Waals surface area contributed by atoms with Crippen molar-refractivity contribution in [3.8, 4) is 0 Å². The first kappa shape index (κ1) is 10.2. The Bertz CT molecular complexity index is 327. The van der Waals surface area contributed by atoms with E-state index in [2.05, 4.69) is 15.3 Å². The number of likely N-dealkylation sites (N-methyl/N-ethyl adjacent to an activating group) is 1. The summed E-state index contributed by atoms with van der Waals surface area (Å²) >= 11 is 0. The highest BCUT2D eigenvalue weighted by Gasteiger charge is 2.05. The van der Waals surface area contributed by atoms with Crippen LogP contribution < -0.4 is 16.0 Å². The zero-order valence-corrected chi connectivity index (χ0v) is 8.19. The van der Waals surface area contributed by atoms with Gasteiger partial charge in [0, 0.05) is 20.2 Å². The Hall–Kier alpha value is -1.85. The van der Waals surface area contributed by atoms with Gasteiger partial charge in [0.2, 0.25) is 5.91 Å². The number of carbonyl (C=O) groups is 1. The number of aromatic nitrogens is 2.